The normalized spacial score (nSPS) is 9.90. The standard InChI is InChI=1S/C6H10N4/c1-10(2)9-6-5-7-3-4-8-6/h3-5H,1-2H3,(H,8,9). The summed E-state index contributed by atoms with van der Waals surface area (Å²) in [6.45, 7) is 0. The maximum Gasteiger partial charge on any atom is 0.158 e. The van der Waals surface area contributed by atoms with Crippen LogP contribution in [0.5, 0.6) is 0 Å². The fourth-order valence-electron chi connectivity index (χ4n) is 0.586. The minimum Gasteiger partial charge on any atom is -0.302 e. The first-order valence-electron chi connectivity index (χ1n) is 2.99. The van der Waals surface area contributed by atoms with Gasteiger partial charge in [-0.15, -0.1) is 0 Å². The van der Waals surface area contributed by atoms with E-state index in [0.29, 0.717) is 0 Å². The molecule has 0 radical (unpaired) electrons. The molecule has 0 aromatic carbocycles. The molecule has 0 saturated carbocycles. The maximum absolute atomic E-state index is 4.00. The van der Waals surface area contributed by atoms with Crippen molar-refractivity contribution in [1.82, 2.24) is 15.0 Å². The van der Waals surface area contributed by atoms with Crippen LogP contribution in [-0.4, -0.2) is 29.1 Å². The Labute approximate surface area is 59.9 Å². The lowest BCUT2D eigenvalue weighted by molar-refractivity contribution is 0.492. The van der Waals surface area contributed by atoms with E-state index in [9.17, 15) is 0 Å². The SMILES string of the molecule is CN(C)Nc1cnccn1. The first-order chi connectivity index (χ1) is 4.79. The van der Waals surface area contributed by atoms with Crippen LogP contribution in [0, 0.1) is 0 Å². The number of aromatic nitrogens is 2. The minimum atomic E-state index is 0.757. The van der Waals surface area contributed by atoms with Crippen molar-refractivity contribution in [1.29, 1.82) is 0 Å². The predicted octanol–water partition coefficient (Wildman–Crippen LogP) is 0.365. The summed E-state index contributed by atoms with van der Waals surface area (Å²) in [4.78, 5) is 7.89. The third-order valence-corrected chi connectivity index (χ3v) is 0.901. The largest absolute Gasteiger partial charge is 0.302 e. The second-order valence-corrected chi connectivity index (χ2v) is 2.10. The molecule has 1 aromatic heterocycles. The molecule has 1 aromatic rings. The quantitative estimate of drug-likeness (QED) is 0.599. The van der Waals surface area contributed by atoms with E-state index in [4.69, 9.17) is 0 Å². The Bertz CT molecular complexity index is 184. The van der Waals surface area contributed by atoms with E-state index in [1.807, 2.05) is 19.1 Å². The molecule has 54 valence electrons. The van der Waals surface area contributed by atoms with Crippen molar-refractivity contribution in [2.45, 2.75) is 0 Å². The van der Waals surface area contributed by atoms with Crippen LogP contribution < -0.4 is 5.43 Å². The molecule has 0 aliphatic carbocycles. The number of nitrogens with one attached hydrogen (secondary N) is 1. The van der Waals surface area contributed by atoms with Gasteiger partial charge in [0.25, 0.3) is 0 Å². The number of rotatable bonds is 2. The Morgan fingerprint density at radius 2 is 2.20 bits per heavy atom. The van der Waals surface area contributed by atoms with Crippen molar-refractivity contribution in [3.63, 3.8) is 0 Å². The topological polar surface area (TPSA) is 41.0 Å². The second-order valence-electron chi connectivity index (χ2n) is 2.10. The fourth-order valence-corrected chi connectivity index (χ4v) is 0.586. The molecule has 1 rings (SSSR count). The third kappa shape index (κ3) is 1.99. The zero-order valence-corrected chi connectivity index (χ0v) is 6.07. The molecule has 0 saturated heterocycles. The molecule has 1 N–H and O–H groups in total. The molecular weight excluding hydrogens is 128 g/mol. The van der Waals surface area contributed by atoms with Gasteiger partial charge in [0.05, 0.1) is 6.20 Å². The van der Waals surface area contributed by atoms with E-state index in [1.165, 1.54) is 0 Å². The summed E-state index contributed by atoms with van der Waals surface area (Å²) in [5.74, 6) is 0.757. The Morgan fingerprint density at radius 1 is 1.40 bits per heavy atom. The summed E-state index contributed by atoms with van der Waals surface area (Å²) in [5, 5.41) is 1.81. The molecule has 0 unspecified atom stereocenters. The van der Waals surface area contributed by atoms with Gasteiger partial charge in [0, 0.05) is 26.5 Å². The van der Waals surface area contributed by atoms with Crippen molar-refractivity contribution >= 4 is 5.82 Å². The molecule has 0 atom stereocenters. The molecule has 0 aliphatic rings. The van der Waals surface area contributed by atoms with E-state index in [0.717, 1.165) is 5.82 Å². The highest BCUT2D eigenvalue weighted by Crippen LogP contribution is 1.95. The van der Waals surface area contributed by atoms with Gasteiger partial charge >= 0.3 is 0 Å². The third-order valence-electron chi connectivity index (χ3n) is 0.901. The van der Waals surface area contributed by atoms with Crippen LogP contribution in [0.25, 0.3) is 0 Å². The fraction of sp³-hybridized carbons (Fsp3) is 0.333. The summed E-state index contributed by atoms with van der Waals surface area (Å²) in [7, 11) is 3.80. The van der Waals surface area contributed by atoms with E-state index < -0.39 is 0 Å². The molecule has 0 amide bonds. The summed E-state index contributed by atoms with van der Waals surface area (Å²) >= 11 is 0. The lowest BCUT2D eigenvalue weighted by atomic mass is 10.7. The van der Waals surface area contributed by atoms with Crippen LogP contribution in [0.15, 0.2) is 18.6 Å². The minimum absolute atomic E-state index is 0.757. The number of nitrogens with zero attached hydrogens (tertiary/aromatic N) is 3. The number of hydrogen-bond acceptors (Lipinski definition) is 4. The highest BCUT2D eigenvalue weighted by atomic mass is 15.5. The van der Waals surface area contributed by atoms with Gasteiger partial charge in [0.15, 0.2) is 5.82 Å². The molecule has 4 nitrogen and oxygen atoms in total. The molecule has 0 bridgehead atoms. The van der Waals surface area contributed by atoms with Crippen molar-refractivity contribution < 1.29 is 0 Å². The van der Waals surface area contributed by atoms with Crippen LogP contribution >= 0.6 is 0 Å². The summed E-state index contributed by atoms with van der Waals surface area (Å²) < 4.78 is 0. The van der Waals surface area contributed by atoms with Gasteiger partial charge < -0.3 is 5.43 Å². The molecule has 0 spiro atoms. The van der Waals surface area contributed by atoms with Gasteiger partial charge in [0.2, 0.25) is 0 Å². The van der Waals surface area contributed by atoms with Crippen LogP contribution in [0.4, 0.5) is 5.82 Å². The van der Waals surface area contributed by atoms with E-state index in [-0.39, 0.29) is 0 Å². The summed E-state index contributed by atoms with van der Waals surface area (Å²) in [5.41, 5.74) is 2.96. The molecule has 0 aliphatic heterocycles. The van der Waals surface area contributed by atoms with Gasteiger partial charge in [-0.25, -0.2) is 9.99 Å². The van der Waals surface area contributed by atoms with Crippen LogP contribution in [0.2, 0.25) is 0 Å². The lowest BCUT2D eigenvalue weighted by Crippen LogP contribution is -2.20. The van der Waals surface area contributed by atoms with Crippen LogP contribution in [0.3, 0.4) is 0 Å². The zero-order valence-electron chi connectivity index (χ0n) is 6.07. The van der Waals surface area contributed by atoms with Gasteiger partial charge in [-0.3, -0.25) is 4.98 Å². The monoisotopic (exact) mass is 138 g/mol. The average Bonchev–Trinajstić information content (AvgIpc) is 1.88. The highest BCUT2D eigenvalue weighted by Gasteiger charge is 1.90. The van der Waals surface area contributed by atoms with Crippen molar-refractivity contribution in [3.8, 4) is 0 Å². The molecule has 0 fully saturated rings. The number of anilines is 1. The maximum atomic E-state index is 4.00. The van der Waals surface area contributed by atoms with Crippen LogP contribution in [0.1, 0.15) is 0 Å². The smallest absolute Gasteiger partial charge is 0.158 e. The summed E-state index contributed by atoms with van der Waals surface area (Å²) in [6.07, 6.45) is 4.95. The first-order valence-corrected chi connectivity index (χ1v) is 2.99. The Hall–Kier alpha value is -1.16. The average molecular weight is 138 g/mol. The second kappa shape index (κ2) is 3.12. The molecule has 10 heavy (non-hydrogen) atoms. The molecule has 4 heteroatoms. The first kappa shape index (κ1) is 6.95. The highest BCUT2D eigenvalue weighted by molar-refractivity contribution is 5.27. The van der Waals surface area contributed by atoms with Crippen molar-refractivity contribution in [2.24, 2.45) is 0 Å². The van der Waals surface area contributed by atoms with Crippen molar-refractivity contribution in [3.05, 3.63) is 18.6 Å². The predicted molar refractivity (Wildman–Crippen MR) is 39.3 cm³/mol. The van der Waals surface area contributed by atoms with E-state index >= 15 is 0 Å². The van der Waals surface area contributed by atoms with E-state index in [2.05, 4.69) is 15.4 Å². The number of hydrogen-bond donors (Lipinski definition) is 1. The number of hydrazine groups is 1. The Kier molecular flexibility index (Phi) is 2.17. The lowest BCUT2D eigenvalue weighted by Gasteiger charge is -2.10. The molecular formula is C6H10N4. The van der Waals surface area contributed by atoms with Gasteiger partial charge in [-0.2, -0.15) is 0 Å². The van der Waals surface area contributed by atoms with Crippen LogP contribution in [-0.2, 0) is 0 Å². The van der Waals surface area contributed by atoms with E-state index in [1.54, 1.807) is 18.6 Å². The Balaban J connectivity index is 2.59. The molecule has 1 heterocycles. The van der Waals surface area contributed by atoms with Gasteiger partial charge in [-0.05, 0) is 0 Å². The van der Waals surface area contributed by atoms with Crippen molar-refractivity contribution in [2.75, 3.05) is 19.5 Å². The zero-order chi connectivity index (χ0) is 7.40. The van der Waals surface area contributed by atoms with Gasteiger partial charge in [0.1, 0.15) is 0 Å². The van der Waals surface area contributed by atoms with Gasteiger partial charge in [-0.1, -0.05) is 0 Å². The summed E-state index contributed by atoms with van der Waals surface area (Å²) in [6, 6.07) is 0. The Morgan fingerprint density at radius 3 is 2.70 bits per heavy atom.